The third-order valence-corrected chi connectivity index (χ3v) is 9.75. The molecule has 0 N–H and O–H groups in total. The molecule has 1 saturated heterocycles. The van der Waals surface area contributed by atoms with E-state index < -0.39 is 0 Å². The quantitative estimate of drug-likeness (QED) is 0.167. The molecule has 156 valence electrons. The Kier molecular flexibility index (Phi) is 6.17. The third-order valence-electron chi connectivity index (χ3n) is 6.55. The zero-order chi connectivity index (χ0) is 20.7. The van der Waals surface area contributed by atoms with Gasteiger partial charge in [0.25, 0.3) is 0 Å². The van der Waals surface area contributed by atoms with E-state index in [1.54, 1.807) is 24.3 Å². The lowest BCUT2D eigenvalue weighted by Gasteiger charge is -2.28. The van der Waals surface area contributed by atoms with Crippen molar-refractivity contribution in [2.45, 2.75) is 55.1 Å². The molecule has 2 aliphatic carbocycles. The number of amides is 2. The van der Waals surface area contributed by atoms with E-state index in [4.69, 9.17) is 4.74 Å². The molecular weight excluding hydrogens is 502 g/mol. The molecule has 0 spiro atoms. The van der Waals surface area contributed by atoms with E-state index >= 15 is 0 Å². The SMILES string of the molecule is CCCCCCC(=O)Oc1ccc(N2C(=O)C3C4CC(C(Br)C4Br)C3C2=O)cc1. The van der Waals surface area contributed by atoms with Crippen molar-refractivity contribution in [3.63, 3.8) is 0 Å². The van der Waals surface area contributed by atoms with Crippen molar-refractivity contribution in [3.05, 3.63) is 24.3 Å². The summed E-state index contributed by atoms with van der Waals surface area (Å²) in [5.74, 6) is -0.0752. The summed E-state index contributed by atoms with van der Waals surface area (Å²) in [7, 11) is 0. The molecule has 4 rings (SSSR count). The number of rotatable bonds is 7. The van der Waals surface area contributed by atoms with E-state index in [2.05, 4.69) is 38.8 Å². The average Bonchev–Trinajstić information content (AvgIpc) is 3.31. The third kappa shape index (κ3) is 3.69. The second-order valence-electron chi connectivity index (χ2n) is 8.29. The predicted molar refractivity (Wildman–Crippen MR) is 117 cm³/mol. The van der Waals surface area contributed by atoms with Gasteiger partial charge in [-0.3, -0.25) is 19.3 Å². The number of carbonyl (C=O) groups excluding carboxylic acids is 3. The maximum atomic E-state index is 13.1. The van der Waals surface area contributed by atoms with Gasteiger partial charge in [0.2, 0.25) is 11.8 Å². The molecule has 1 heterocycles. The molecule has 3 aliphatic rings. The van der Waals surface area contributed by atoms with Crippen molar-refractivity contribution in [2.24, 2.45) is 23.7 Å². The molecule has 2 amide bonds. The van der Waals surface area contributed by atoms with Crippen LogP contribution in [0.1, 0.15) is 45.4 Å². The second kappa shape index (κ2) is 8.50. The summed E-state index contributed by atoms with van der Waals surface area (Å²) in [5.41, 5.74) is 0.550. The Morgan fingerprint density at radius 2 is 1.59 bits per heavy atom. The van der Waals surface area contributed by atoms with Gasteiger partial charge in [0.15, 0.2) is 0 Å². The first-order valence-corrected chi connectivity index (χ1v) is 12.2. The molecule has 0 aromatic heterocycles. The Labute approximate surface area is 187 Å². The number of fused-ring (bicyclic) bond motifs is 5. The van der Waals surface area contributed by atoms with Crippen molar-refractivity contribution in [1.82, 2.24) is 0 Å². The number of ether oxygens (including phenoxy) is 1. The Bertz CT molecular complexity index is 780. The van der Waals surface area contributed by atoms with E-state index in [1.165, 1.54) is 4.90 Å². The summed E-state index contributed by atoms with van der Waals surface area (Å²) in [5, 5.41) is 0. The first-order chi connectivity index (χ1) is 13.9. The monoisotopic (exact) mass is 525 g/mol. The highest BCUT2D eigenvalue weighted by atomic mass is 79.9. The first-order valence-electron chi connectivity index (χ1n) is 10.4. The minimum Gasteiger partial charge on any atom is -0.427 e. The zero-order valence-corrected chi connectivity index (χ0v) is 19.5. The number of benzene rings is 1. The Morgan fingerprint density at radius 1 is 1.00 bits per heavy atom. The fraction of sp³-hybridized carbons (Fsp3) is 0.591. The van der Waals surface area contributed by atoms with E-state index in [1.807, 2.05) is 0 Å². The first kappa shape index (κ1) is 21.0. The molecule has 7 heteroatoms. The van der Waals surface area contributed by atoms with Gasteiger partial charge in [-0.05, 0) is 48.9 Å². The molecule has 6 unspecified atom stereocenters. The fourth-order valence-electron chi connectivity index (χ4n) is 5.15. The summed E-state index contributed by atoms with van der Waals surface area (Å²) >= 11 is 7.40. The van der Waals surface area contributed by atoms with Gasteiger partial charge < -0.3 is 4.74 Å². The van der Waals surface area contributed by atoms with E-state index in [0.717, 1.165) is 32.1 Å². The number of halogens is 2. The van der Waals surface area contributed by atoms with Crippen molar-refractivity contribution in [1.29, 1.82) is 0 Å². The van der Waals surface area contributed by atoms with Crippen molar-refractivity contribution in [3.8, 4) is 5.75 Å². The summed E-state index contributed by atoms with van der Waals surface area (Å²) in [6, 6.07) is 6.69. The summed E-state index contributed by atoms with van der Waals surface area (Å²) < 4.78 is 5.37. The van der Waals surface area contributed by atoms with Crippen LogP contribution < -0.4 is 9.64 Å². The van der Waals surface area contributed by atoms with Crippen LogP contribution in [0.2, 0.25) is 0 Å². The van der Waals surface area contributed by atoms with Crippen LogP contribution in [0.25, 0.3) is 0 Å². The van der Waals surface area contributed by atoms with E-state index in [9.17, 15) is 14.4 Å². The molecule has 29 heavy (non-hydrogen) atoms. The van der Waals surface area contributed by atoms with Gasteiger partial charge in [-0.2, -0.15) is 0 Å². The van der Waals surface area contributed by atoms with Crippen LogP contribution in [0.4, 0.5) is 5.69 Å². The van der Waals surface area contributed by atoms with Gasteiger partial charge in [-0.25, -0.2) is 0 Å². The Hall–Kier alpha value is -1.21. The highest BCUT2D eigenvalue weighted by molar-refractivity contribution is 9.12. The summed E-state index contributed by atoms with van der Waals surface area (Å²) in [6.45, 7) is 2.13. The summed E-state index contributed by atoms with van der Waals surface area (Å²) in [4.78, 5) is 39.8. The lowest BCUT2D eigenvalue weighted by molar-refractivity contribution is -0.134. The number of esters is 1. The minimum atomic E-state index is -0.250. The van der Waals surface area contributed by atoms with Crippen LogP contribution in [0.15, 0.2) is 24.3 Å². The van der Waals surface area contributed by atoms with Gasteiger partial charge in [-0.15, -0.1) is 0 Å². The zero-order valence-electron chi connectivity index (χ0n) is 16.4. The number of hydrogen-bond donors (Lipinski definition) is 0. The smallest absolute Gasteiger partial charge is 0.311 e. The molecule has 3 fully saturated rings. The van der Waals surface area contributed by atoms with Crippen molar-refractivity contribution in [2.75, 3.05) is 4.90 Å². The number of carbonyl (C=O) groups is 3. The van der Waals surface area contributed by atoms with E-state index in [-0.39, 0.29) is 51.1 Å². The number of anilines is 1. The van der Waals surface area contributed by atoms with Crippen molar-refractivity contribution >= 4 is 55.3 Å². The fourth-order valence-corrected chi connectivity index (χ4v) is 7.02. The molecule has 1 aliphatic heterocycles. The molecule has 2 bridgehead atoms. The number of imide groups is 1. The molecule has 6 atom stereocenters. The van der Waals surface area contributed by atoms with Crippen LogP contribution in [0.3, 0.4) is 0 Å². The molecule has 2 saturated carbocycles. The lowest BCUT2D eigenvalue weighted by atomic mass is 9.81. The topological polar surface area (TPSA) is 63.7 Å². The highest BCUT2D eigenvalue weighted by Crippen LogP contribution is 2.60. The molecule has 5 nitrogen and oxygen atoms in total. The van der Waals surface area contributed by atoms with Crippen molar-refractivity contribution < 1.29 is 19.1 Å². The van der Waals surface area contributed by atoms with Crippen LogP contribution in [0, 0.1) is 23.7 Å². The maximum Gasteiger partial charge on any atom is 0.311 e. The molecule has 1 aromatic rings. The van der Waals surface area contributed by atoms with Gasteiger partial charge in [0.1, 0.15) is 5.75 Å². The van der Waals surface area contributed by atoms with Crippen LogP contribution >= 0.6 is 31.9 Å². The van der Waals surface area contributed by atoms with Gasteiger partial charge >= 0.3 is 5.97 Å². The van der Waals surface area contributed by atoms with Gasteiger partial charge in [0.05, 0.1) is 17.5 Å². The normalized spacial score (nSPS) is 32.7. The maximum absolute atomic E-state index is 13.1. The Morgan fingerprint density at radius 3 is 2.14 bits per heavy atom. The minimum absolute atomic E-state index is 0.1000. The summed E-state index contributed by atoms with van der Waals surface area (Å²) in [6.07, 6.45) is 5.42. The second-order valence-corrected chi connectivity index (χ2v) is 10.4. The molecule has 0 radical (unpaired) electrons. The number of hydrogen-bond acceptors (Lipinski definition) is 4. The Balaban J connectivity index is 1.42. The van der Waals surface area contributed by atoms with Crippen LogP contribution in [-0.2, 0) is 14.4 Å². The lowest BCUT2D eigenvalue weighted by Crippen LogP contribution is -2.37. The molecular formula is C22H25Br2NO4. The number of alkyl halides is 2. The largest absolute Gasteiger partial charge is 0.427 e. The molecule has 1 aromatic carbocycles. The van der Waals surface area contributed by atoms with Gasteiger partial charge in [-0.1, -0.05) is 58.0 Å². The average molecular weight is 527 g/mol. The van der Waals surface area contributed by atoms with Crippen LogP contribution in [0.5, 0.6) is 5.75 Å². The number of unbranched alkanes of at least 4 members (excludes halogenated alkanes) is 3. The number of nitrogens with zero attached hydrogens (tertiary/aromatic N) is 1. The van der Waals surface area contributed by atoms with Gasteiger partial charge in [0, 0.05) is 16.1 Å². The predicted octanol–water partition coefficient (Wildman–Crippen LogP) is 4.84. The highest BCUT2D eigenvalue weighted by Gasteiger charge is 2.66. The standard InChI is InChI=1S/C22H25Br2NO4/c1-2-3-4-5-6-16(26)29-13-9-7-12(8-10-13)25-21(27)17-14-11-15(18(17)22(25)28)20(24)19(14)23/h7-10,14-15,17-20H,2-6,11H2,1H3. The van der Waals surface area contributed by atoms with Crippen LogP contribution in [-0.4, -0.2) is 27.4 Å². The van der Waals surface area contributed by atoms with E-state index in [0.29, 0.717) is 17.9 Å².